The van der Waals surface area contributed by atoms with Crippen molar-refractivity contribution >= 4 is 39.3 Å². The molecule has 2 amide bonds. The summed E-state index contributed by atoms with van der Waals surface area (Å²) >= 11 is 1.68. The van der Waals surface area contributed by atoms with E-state index in [1.807, 2.05) is 18.4 Å². The van der Waals surface area contributed by atoms with Crippen LogP contribution in [0.2, 0.25) is 0 Å². The lowest BCUT2D eigenvalue weighted by Gasteiger charge is -2.23. The lowest BCUT2D eigenvalue weighted by molar-refractivity contribution is -0.125. The molecule has 1 N–H and O–H groups in total. The number of amides is 2. The molecule has 0 saturated carbocycles. The number of thioether (sulfide) groups is 1. The average molecular weight is 490 g/mol. The van der Waals surface area contributed by atoms with Gasteiger partial charge < -0.3 is 5.32 Å². The molecule has 178 valence electrons. The Labute approximate surface area is 200 Å². The van der Waals surface area contributed by atoms with Gasteiger partial charge in [0.25, 0.3) is 0 Å². The van der Waals surface area contributed by atoms with Gasteiger partial charge in [-0.1, -0.05) is 26.0 Å². The highest BCUT2D eigenvalue weighted by Crippen LogP contribution is 2.35. The summed E-state index contributed by atoms with van der Waals surface area (Å²) in [6.07, 6.45) is 2.99. The summed E-state index contributed by atoms with van der Waals surface area (Å²) < 4.78 is 27.2. The summed E-state index contributed by atoms with van der Waals surface area (Å²) in [5.41, 5.74) is 2.40. The van der Waals surface area contributed by atoms with Crippen molar-refractivity contribution in [1.82, 2.24) is 9.62 Å². The Morgan fingerprint density at radius 1 is 1.12 bits per heavy atom. The number of sulfonamides is 1. The van der Waals surface area contributed by atoms with Gasteiger partial charge in [-0.2, -0.15) is 4.31 Å². The lowest BCUT2D eigenvalue weighted by atomic mass is 10.1. The van der Waals surface area contributed by atoms with E-state index in [1.165, 1.54) is 27.1 Å². The molecule has 0 saturated heterocycles. The number of carbonyl (C=O) groups excluding carboxylic acids is 2. The minimum absolute atomic E-state index is 0.184. The van der Waals surface area contributed by atoms with Gasteiger partial charge in [-0.05, 0) is 54.1 Å². The Morgan fingerprint density at radius 2 is 1.79 bits per heavy atom. The van der Waals surface area contributed by atoms with Crippen LogP contribution >= 0.6 is 11.8 Å². The van der Waals surface area contributed by atoms with Crippen molar-refractivity contribution in [2.45, 2.75) is 49.4 Å². The van der Waals surface area contributed by atoms with Crippen LogP contribution in [-0.2, 0) is 32.5 Å². The lowest BCUT2D eigenvalue weighted by Crippen LogP contribution is -2.47. The summed E-state index contributed by atoms with van der Waals surface area (Å²) in [5.74, 6) is -0.490. The normalized spacial score (nSPS) is 15.5. The van der Waals surface area contributed by atoms with Gasteiger partial charge in [0.1, 0.15) is 6.04 Å². The van der Waals surface area contributed by atoms with Crippen LogP contribution in [0, 0.1) is 0 Å². The molecule has 0 spiro atoms. The maximum Gasteiger partial charge on any atom is 0.243 e. The highest BCUT2D eigenvalue weighted by atomic mass is 32.2. The van der Waals surface area contributed by atoms with Gasteiger partial charge in [0.05, 0.1) is 4.90 Å². The number of benzene rings is 2. The standard InChI is InChI=1S/C24H31N3O4S2/c1-5-26(6-2)33(30,31)21-11-12-22-19(15-21)16-23(27(22)17(3)28)24(29)25-14-13-18-7-9-20(32-4)10-8-18/h7-12,15,23H,5-6,13-14,16H2,1-4H3,(H,25,29)/t23-/m1/s1. The first kappa shape index (κ1) is 25.3. The highest BCUT2D eigenvalue weighted by Gasteiger charge is 2.37. The van der Waals surface area contributed by atoms with Crippen molar-refractivity contribution in [2.24, 2.45) is 0 Å². The molecule has 1 aliphatic heterocycles. The molecule has 0 aromatic heterocycles. The molecule has 1 atom stereocenters. The summed E-state index contributed by atoms with van der Waals surface area (Å²) in [4.78, 5) is 28.2. The van der Waals surface area contributed by atoms with Crippen LogP contribution < -0.4 is 10.2 Å². The third-order valence-corrected chi connectivity index (χ3v) is 8.68. The number of carbonyl (C=O) groups is 2. The molecule has 2 aromatic carbocycles. The monoisotopic (exact) mass is 489 g/mol. The number of nitrogens with one attached hydrogen (secondary N) is 1. The quantitative estimate of drug-likeness (QED) is 0.547. The van der Waals surface area contributed by atoms with E-state index in [1.54, 1.807) is 37.7 Å². The zero-order chi connectivity index (χ0) is 24.2. The van der Waals surface area contributed by atoms with E-state index in [9.17, 15) is 18.0 Å². The number of hydrogen-bond donors (Lipinski definition) is 1. The maximum absolute atomic E-state index is 13.0. The van der Waals surface area contributed by atoms with Crippen LogP contribution in [-0.4, -0.2) is 56.5 Å². The minimum atomic E-state index is -3.62. The molecule has 9 heteroatoms. The van der Waals surface area contributed by atoms with E-state index < -0.39 is 16.1 Å². The minimum Gasteiger partial charge on any atom is -0.354 e. The molecule has 1 heterocycles. The van der Waals surface area contributed by atoms with Crippen LogP contribution in [0.25, 0.3) is 0 Å². The molecule has 0 unspecified atom stereocenters. The molecular weight excluding hydrogens is 458 g/mol. The number of anilines is 1. The van der Waals surface area contributed by atoms with E-state index in [0.29, 0.717) is 37.3 Å². The summed E-state index contributed by atoms with van der Waals surface area (Å²) in [5, 5.41) is 2.94. The predicted octanol–water partition coefficient (Wildman–Crippen LogP) is 3.08. The Balaban J connectivity index is 1.74. The van der Waals surface area contributed by atoms with E-state index in [-0.39, 0.29) is 23.1 Å². The van der Waals surface area contributed by atoms with Gasteiger partial charge in [0.15, 0.2) is 0 Å². The fourth-order valence-corrected chi connectivity index (χ4v) is 6.06. The smallest absolute Gasteiger partial charge is 0.243 e. The van der Waals surface area contributed by atoms with Crippen molar-refractivity contribution < 1.29 is 18.0 Å². The first-order valence-corrected chi connectivity index (χ1v) is 13.7. The van der Waals surface area contributed by atoms with Gasteiger partial charge in [0.2, 0.25) is 21.8 Å². The van der Waals surface area contributed by atoms with E-state index in [0.717, 1.165) is 5.56 Å². The van der Waals surface area contributed by atoms with Crippen LogP contribution in [0.4, 0.5) is 5.69 Å². The van der Waals surface area contributed by atoms with Crippen molar-refractivity contribution in [3.63, 3.8) is 0 Å². The van der Waals surface area contributed by atoms with Crippen LogP contribution in [0.3, 0.4) is 0 Å². The number of fused-ring (bicyclic) bond motifs is 1. The van der Waals surface area contributed by atoms with Crippen LogP contribution in [0.5, 0.6) is 0 Å². The molecule has 0 bridgehead atoms. The van der Waals surface area contributed by atoms with Crippen LogP contribution in [0.1, 0.15) is 31.9 Å². The molecule has 1 aliphatic rings. The average Bonchev–Trinajstić information content (AvgIpc) is 3.19. The SMILES string of the molecule is CCN(CC)S(=O)(=O)c1ccc2c(c1)C[C@H](C(=O)NCCc1ccc(SC)cc1)N2C(C)=O. The third-order valence-electron chi connectivity index (χ3n) is 5.89. The predicted molar refractivity (Wildman–Crippen MR) is 132 cm³/mol. The van der Waals surface area contributed by atoms with Crippen molar-refractivity contribution in [2.75, 3.05) is 30.8 Å². The van der Waals surface area contributed by atoms with Gasteiger partial charge in [-0.15, -0.1) is 11.8 Å². The second-order valence-corrected chi connectivity index (χ2v) is 10.7. The number of rotatable bonds is 9. The fourth-order valence-electron chi connectivity index (χ4n) is 4.14. The molecule has 0 aliphatic carbocycles. The fraction of sp³-hybridized carbons (Fsp3) is 0.417. The van der Waals surface area contributed by atoms with E-state index in [2.05, 4.69) is 17.4 Å². The van der Waals surface area contributed by atoms with Crippen molar-refractivity contribution in [3.8, 4) is 0 Å². The Morgan fingerprint density at radius 3 is 2.36 bits per heavy atom. The molecule has 33 heavy (non-hydrogen) atoms. The van der Waals surface area contributed by atoms with Gasteiger partial charge in [-0.25, -0.2) is 8.42 Å². The zero-order valence-corrected chi connectivity index (χ0v) is 21.1. The molecule has 0 fully saturated rings. The first-order chi connectivity index (χ1) is 15.7. The largest absolute Gasteiger partial charge is 0.354 e. The molecule has 0 radical (unpaired) electrons. The third kappa shape index (κ3) is 5.42. The van der Waals surface area contributed by atoms with E-state index >= 15 is 0 Å². The van der Waals surface area contributed by atoms with Gasteiger partial charge in [-0.3, -0.25) is 14.5 Å². The highest BCUT2D eigenvalue weighted by molar-refractivity contribution is 7.98. The zero-order valence-electron chi connectivity index (χ0n) is 19.5. The van der Waals surface area contributed by atoms with Crippen LogP contribution in [0.15, 0.2) is 52.3 Å². The molecular formula is C24H31N3O4S2. The Bertz CT molecular complexity index is 1110. The molecule has 3 rings (SSSR count). The topological polar surface area (TPSA) is 86.8 Å². The second kappa shape index (κ2) is 10.7. The van der Waals surface area contributed by atoms with E-state index in [4.69, 9.17) is 0 Å². The van der Waals surface area contributed by atoms with Crippen molar-refractivity contribution in [3.05, 3.63) is 53.6 Å². The Hall–Kier alpha value is -2.36. The van der Waals surface area contributed by atoms with Gasteiger partial charge in [0, 0.05) is 43.6 Å². The second-order valence-electron chi connectivity index (χ2n) is 7.88. The number of hydrogen-bond acceptors (Lipinski definition) is 5. The summed E-state index contributed by atoms with van der Waals surface area (Å²) in [6.45, 7) is 6.22. The maximum atomic E-state index is 13.0. The van der Waals surface area contributed by atoms with Crippen molar-refractivity contribution in [1.29, 1.82) is 0 Å². The molecule has 7 nitrogen and oxygen atoms in total. The summed E-state index contributed by atoms with van der Waals surface area (Å²) in [6, 6.07) is 12.2. The Kier molecular flexibility index (Phi) is 8.20. The van der Waals surface area contributed by atoms with Gasteiger partial charge >= 0.3 is 0 Å². The number of nitrogens with zero attached hydrogens (tertiary/aromatic N) is 2. The molecule has 2 aromatic rings. The summed E-state index contributed by atoms with van der Waals surface area (Å²) in [7, 11) is -3.62. The first-order valence-electron chi connectivity index (χ1n) is 11.1.